The number of hydrogen-bond donors (Lipinski definition) is 0. The first-order valence-corrected chi connectivity index (χ1v) is 13.4. The molecule has 0 saturated heterocycles. The third kappa shape index (κ3) is 10.9. The third-order valence-electron chi connectivity index (χ3n) is 7.14. The fraction of sp³-hybridized carbons (Fsp3) is 0.486. The molecule has 0 radical (unpaired) electrons. The van der Waals surface area contributed by atoms with Crippen LogP contribution >= 0.6 is 0 Å². The molecular weight excluding hydrogens is 420 g/mol. The fourth-order valence-electron chi connectivity index (χ4n) is 3.72. The lowest BCUT2D eigenvalue weighted by Gasteiger charge is -2.10. The molecule has 0 aromatic heterocycles. The van der Waals surface area contributed by atoms with Crippen molar-refractivity contribution >= 4 is 0 Å². The second-order valence-electron chi connectivity index (χ2n) is 9.36. The normalized spacial score (nSPS) is 9.29. The predicted octanol–water partition coefficient (Wildman–Crippen LogP) is 11.1. The van der Waals surface area contributed by atoms with E-state index in [4.69, 9.17) is 0 Å². The van der Waals surface area contributed by atoms with E-state index in [0.717, 1.165) is 0 Å². The van der Waals surface area contributed by atoms with E-state index in [-0.39, 0.29) is 0 Å². The predicted molar refractivity (Wildman–Crippen MR) is 164 cm³/mol. The van der Waals surface area contributed by atoms with Gasteiger partial charge in [-0.05, 0) is 157 Å². The highest BCUT2D eigenvalue weighted by atomic mass is 14.1. The highest BCUT2D eigenvalue weighted by Gasteiger charge is 2.03. The maximum absolute atomic E-state index is 2.26. The molecule has 0 fully saturated rings. The third-order valence-corrected chi connectivity index (χ3v) is 7.14. The van der Waals surface area contributed by atoms with Gasteiger partial charge in [0.15, 0.2) is 0 Å². The molecule has 0 unspecified atom stereocenters. The number of hydrogen-bond acceptors (Lipinski definition) is 0. The second-order valence-corrected chi connectivity index (χ2v) is 9.36. The molecule has 0 bridgehead atoms. The Bertz CT molecular complexity index is 935. The van der Waals surface area contributed by atoms with Crippen molar-refractivity contribution in [3.05, 3.63) is 103 Å². The Labute approximate surface area is 220 Å². The van der Waals surface area contributed by atoms with Crippen LogP contribution in [-0.2, 0) is 0 Å². The fourth-order valence-corrected chi connectivity index (χ4v) is 3.72. The summed E-state index contributed by atoms with van der Waals surface area (Å²) >= 11 is 0. The lowest BCUT2D eigenvalue weighted by Crippen LogP contribution is -1.93. The number of benzene rings is 3. The summed E-state index contributed by atoms with van der Waals surface area (Å²) in [6.45, 7) is 36.3. The highest BCUT2D eigenvalue weighted by molar-refractivity contribution is 5.43. The van der Waals surface area contributed by atoms with Gasteiger partial charge in [-0.25, -0.2) is 0 Å². The lowest BCUT2D eigenvalue weighted by atomic mass is 9.96. The summed E-state index contributed by atoms with van der Waals surface area (Å²) in [5.41, 5.74) is 18.4. The molecule has 0 spiro atoms. The van der Waals surface area contributed by atoms with Crippen molar-refractivity contribution < 1.29 is 0 Å². The molecule has 0 aliphatic heterocycles. The monoisotopic (exact) mass is 476 g/mol. The average molecular weight is 477 g/mol. The Morgan fingerprint density at radius 1 is 0.286 bits per heavy atom. The average Bonchev–Trinajstić information content (AvgIpc) is 2.85. The number of rotatable bonds is 0. The van der Waals surface area contributed by atoms with Gasteiger partial charge in [-0.15, -0.1) is 0 Å². The molecule has 0 saturated carbocycles. The first-order chi connectivity index (χ1) is 16.3. The van der Waals surface area contributed by atoms with Crippen LogP contribution in [0.5, 0.6) is 0 Å². The Balaban J connectivity index is 0. The van der Waals surface area contributed by atoms with Crippen molar-refractivity contribution in [2.45, 2.75) is 118 Å². The minimum absolute atomic E-state index is 1.35. The van der Waals surface area contributed by atoms with Crippen molar-refractivity contribution in [3.8, 4) is 0 Å². The van der Waals surface area contributed by atoms with Crippen LogP contribution in [-0.4, -0.2) is 0 Å². The van der Waals surface area contributed by atoms with Gasteiger partial charge in [-0.2, -0.15) is 0 Å². The van der Waals surface area contributed by atoms with E-state index in [1.165, 1.54) is 72.3 Å². The van der Waals surface area contributed by atoms with Crippen LogP contribution < -0.4 is 0 Å². The first kappa shape index (κ1) is 34.8. The van der Waals surface area contributed by atoms with Gasteiger partial charge in [0.05, 0.1) is 0 Å². The van der Waals surface area contributed by atoms with Gasteiger partial charge in [0.2, 0.25) is 0 Å². The zero-order valence-corrected chi connectivity index (χ0v) is 26.4. The smallest absolute Gasteiger partial charge is 0.0392 e. The summed E-state index contributed by atoms with van der Waals surface area (Å²) in [5, 5.41) is 0. The Hall–Kier alpha value is -2.34. The molecule has 0 aliphatic carbocycles. The molecule has 0 atom stereocenters. The largest absolute Gasteiger partial charge is 0.0683 e. The van der Waals surface area contributed by atoms with Crippen LogP contribution in [0.2, 0.25) is 0 Å². The molecule has 196 valence electrons. The quantitative estimate of drug-likeness (QED) is 0.302. The summed E-state index contributed by atoms with van der Waals surface area (Å²) in [6, 6.07) is 11.0. The van der Waals surface area contributed by atoms with Crippen LogP contribution in [0.1, 0.15) is 100 Å². The molecular formula is C35H56. The molecule has 0 heterocycles. The Morgan fingerprint density at radius 3 is 0.800 bits per heavy atom. The molecule has 3 aromatic rings. The topological polar surface area (TPSA) is 0 Å². The van der Waals surface area contributed by atoms with Gasteiger partial charge >= 0.3 is 0 Å². The lowest BCUT2D eigenvalue weighted by molar-refractivity contribution is 1.18. The van der Waals surface area contributed by atoms with Crippen LogP contribution in [0.25, 0.3) is 0 Å². The minimum atomic E-state index is 1.35. The van der Waals surface area contributed by atoms with Crippen molar-refractivity contribution in [1.82, 2.24) is 0 Å². The molecule has 0 heteroatoms. The van der Waals surface area contributed by atoms with E-state index in [9.17, 15) is 0 Å². The van der Waals surface area contributed by atoms with E-state index in [1.807, 2.05) is 27.7 Å². The molecule has 3 aromatic carbocycles. The summed E-state index contributed by atoms with van der Waals surface area (Å²) < 4.78 is 0. The first-order valence-electron chi connectivity index (χ1n) is 13.4. The van der Waals surface area contributed by atoms with Gasteiger partial charge in [0.1, 0.15) is 0 Å². The zero-order valence-electron chi connectivity index (χ0n) is 26.4. The summed E-state index contributed by atoms with van der Waals surface area (Å²) in [5.74, 6) is 0. The molecule has 0 N–H and O–H groups in total. The zero-order chi connectivity index (χ0) is 28.0. The van der Waals surface area contributed by atoms with Crippen molar-refractivity contribution in [2.24, 2.45) is 0 Å². The van der Waals surface area contributed by atoms with E-state index in [1.54, 1.807) is 0 Å². The van der Waals surface area contributed by atoms with E-state index in [0.29, 0.717) is 0 Å². The maximum Gasteiger partial charge on any atom is -0.0392 e. The van der Waals surface area contributed by atoms with Crippen LogP contribution in [0.15, 0.2) is 30.3 Å². The van der Waals surface area contributed by atoms with Crippen molar-refractivity contribution in [2.75, 3.05) is 0 Å². The van der Waals surface area contributed by atoms with E-state index in [2.05, 4.69) is 120 Å². The minimum Gasteiger partial charge on any atom is -0.0683 e. The summed E-state index contributed by atoms with van der Waals surface area (Å²) in [7, 11) is 0. The van der Waals surface area contributed by atoms with Crippen LogP contribution in [0, 0.1) is 90.0 Å². The van der Waals surface area contributed by atoms with E-state index < -0.39 is 0 Å². The van der Waals surface area contributed by atoms with Gasteiger partial charge < -0.3 is 0 Å². The highest BCUT2D eigenvalue weighted by Crippen LogP contribution is 2.20. The molecule has 35 heavy (non-hydrogen) atoms. The molecule has 0 amide bonds. The van der Waals surface area contributed by atoms with Gasteiger partial charge in [0, 0.05) is 0 Å². The number of aryl methyl sites for hydroxylation is 7. The standard InChI is InChI=1S/2C11H16.C9H12.2C2H6/c2*1-7-6-8(2)10(4)11(5)9(7)3;1-7-4-5-8(2)9(3)6-7;2*1-2/h2*6H,1-5H3;4-6H,1-3H3;2*1-2H3. The maximum atomic E-state index is 2.26. The Morgan fingerprint density at radius 2 is 0.571 bits per heavy atom. The van der Waals surface area contributed by atoms with E-state index >= 15 is 0 Å². The van der Waals surface area contributed by atoms with Crippen LogP contribution in [0.3, 0.4) is 0 Å². The summed E-state index contributed by atoms with van der Waals surface area (Å²) in [4.78, 5) is 0. The molecule has 3 rings (SSSR count). The van der Waals surface area contributed by atoms with Gasteiger partial charge in [0.25, 0.3) is 0 Å². The molecule has 0 nitrogen and oxygen atoms in total. The van der Waals surface area contributed by atoms with Crippen LogP contribution in [0.4, 0.5) is 0 Å². The SMILES string of the molecule is CC.CC.Cc1cc(C)c(C)c(C)c1C.Cc1cc(C)c(C)c(C)c1C.Cc1ccc(C)c(C)c1. The van der Waals surface area contributed by atoms with Gasteiger partial charge in [-0.1, -0.05) is 63.6 Å². The second kappa shape index (κ2) is 17.1. The van der Waals surface area contributed by atoms with Crippen molar-refractivity contribution in [1.29, 1.82) is 0 Å². The van der Waals surface area contributed by atoms with Gasteiger partial charge in [-0.3, -0.25) is 0 Å². The summed E-state index contributed by atoms with van der Waals surface area (Å²) in [6.07, 6.45) is 0. The molecule has 0 aliphatic rings. The Kier molecular flexibility index (Phi) is 17.1. The van der Waals surface area contributed by atoms with Crippen molar-refractivity contribution in [3.63, 3.8) is 0 Å².